The van der Waals surface area contributed by atoms with Crippen LogP contribution in [0.25, 0.3) is 10.8 Å². The predicted molar refractivity (Wildman–Crippen MR) is 89.7 cm³/mol. The van der Waals surface area contributed by atoms with E-state index in [4.69, 9.17) is 0 Å². The van der Waals surface area contributed by atoms with Crippen LogP contribution >= 0.6 is 0 Å². The molecular weight excluding hydrogens is 292 g/mol. The van der Waals surface area contributed by atoms with Crippen molar-refractivity contribution < 1.29 is 14.7 Å². The minimum Gasteiger partial charge on any atom is -0.388 e. The van der Waals surface area contributed by atoms with Crippen LogP contribution in [0.15, 0.2) is 55.1 Å². The fourth-order valence-electron chi connectivity index (χ4n) is 2.34. The summed E-state index contributed by atoms with van der Waals surface area (Å²) in [6.45, 7) is 3.91. The van der Waals surface area contributed by atoms with Crippen LogP contribution in [0.5, 0.6) is 0 Å². The number of benzene rings is 2. The zero-order valence-electron chi connectivity index (χ0n) is 12.8. The summed E-state index contributed by atoms with van der Waals surface area (Å²) in [6.07, 6.45) is 1.11. The number of carbonyl (C=O) groups is 2. The quantitative estimate of drug-likeness (QED) is 0.561. The third-order valence-electron chi connectivity index (χ3n) is 3.50. The van der Waals surface area contributed by atoms with E-state index in [1.54, 1.807) is 0 Å². The summed E-state index contributed by atoms with van der Waals surface area (Å²) in [6, 6.07) is 13.5. The number of hydrogen-bond acceptors (Lipinski definition) is 3. The van der Waals surface area contributed by atoms with Gasteiger partial charge in [0.05, 0.1) is 6.10 Å². The molecule has 1 unspecified atom stereocenters. The predicted octanol–water partition coefficient (Wildman–Crippen LogP) is 1.68. The summed E-state index contributed by atoms with van der Waals surface area (Å²) in [5, 5.41) is 17.3. The van der Waals surface area contributed by atoms with Crippen molar-refractivity contribution in [1.82, 2.24) is 10.6 Å². The lowest BCUT2D eigenvalue weighted by Gasteiger charge is -2.14. The van der Waals surface area contributed by atoms with Crippen molar-refractivity contribution in [2.24, 2.45) is 0 Å². The largest absolute Gasteiger partial charge is 0.388 e. The normalized spacial score (nSPS) is 11.7. The average Bonchev–Trinajstić information content (AvgIpc) is 2.58. The Bertz CT molecular complexity index is 707. The van der Waals surface area contributed by atoms with Crippen molar-refractivity contribution in [2.45, 2.75) is 12.5 Å². The Balaban J connectivity index is 1.92. The Kier molecular flexibility index (Phi) is 5.88. The lowest BCUT2D eigenvalue weighted by Crippen LogP contribution is -2.40. The highest BCUT2D eigenvalue weighted by Gasteiger charge is 2.14. The first-order valence-corrected chi connectivity index (χ1v) is 7.46. The molecule has 0 aliphatic heterocycles. The molecule has 5 heteroatoms. The molecule has 0 aliphatic carbocycles. The lowest BCUT2D eigenvalue weighted by atomic mass is 9.99. The van der Waals surface area contributed by atoms with Gasteiger partial charge in [-0.05, 0) is 22.8 Å². The zero-order chi connectivity index (χ0) is 16.7. The van der Waals surface area contributed by atoms with E-state index in [0.29, 0.717) is 6.42 Å². The molecule has 0 aromatic heterocycles. The number of hydrogen-bond donors (Lipinski definition) is 3. The molecule has 0 bridgehead atoms. The second-order valence-electron chi connectivity index (χ2n) is 5.13. The molecule has 1 atom stereocenters. The average molecular weight is 312 g/mol. The van der Waals surface area contributed by atoms with Crippen molar-refractivity contribution >= 4 is 22.6 Å². The molecule has 0 fully saturated rings. The number of fused-ring (bicyclic) bond motifs is 1. The van der Waals surface area contributed by atoms with Gasteiger partial charge in [0.15, 0.2) is 0 Å². The van der Waals surface area contributed by atoms with Crippen LogP contribution < -0.4 is 10.6 Å². The second kappa shape index (κ2) is 8.10. The first kappa shape index (κ1) is 16.7. The zero-order valence-corrected chi connectivity index (χ0v) is 12.8. The Morgan fingerprint density at radius 1 is 1.09 bits per heavy atom. The van der Waals surface area contributed by atoms with Crippen molar-refractivity contribution in [2.75, 3.05) is 13.1 Å². The summed E-state index contributed by atoms with van der Waals surface area (Å²) in [5.74, 6) is -1.42. The van der Waals surface area contributed by atoms with E-state index in [1.165, 1.54) is 6.08 Å². The topological polar surface area (TPSA) is 78.4 Å². The molecule has 120 valence electrons. The van der Waals surface area contributed by atoms with Gasteiger partial charge in [-0.15, -0.1) is 6.58 Å². The van der Waals surface area contributed by atoms with Gasteiger partial charge in [-0.3, -0.25) is 9.59 Å². The highest BCUT2D eigenvalue weighted by atomic mass is 16.3. The number of aliphatic hydroxyl groups excluding tert-OH is 1. The molecule has 0 saturated heterocycles. The van der Waals surface area contributed by atoms with Crippen molar-refractivity contribution in [3.05, 3.63) is 60.7 Å². The van der Waals surface area contributed by atoms with Gasteiger partial charge in [-0.25, -0.2) is 0 Å². The van der Waals surface area contributed by atoms with Crippen LogP contribution in [-0.2, 0) is 9.59 Å². The van der Waals surface area contributed by atoms with Crippen LogP contribution in [0, 0.1) is 0 Å². The molecule has 0 saturated carbocycles. The molecule has 0 spiro atoms. The summed E-state index contributed by atoms with van der Waals surface area (Å²) >= 11 is 0. The molecule has 0 heterocycles. The van der Waals surface area contributed by atoms with E-state index in [1.807, 2.05) is 42.5 Å². The number of amides is 2. The van der Waals surface area contributed by atoms with Gasteiger partial charge in [0, 0.05) is 13.1 Å². The Morgan fingerprint density at radius 3 is 2.57 bits per heavy atom. The summed E-state index contributed by atoms with van der Waals surface area (Å²) < 4.78 is 0. The Hall–Kier alpha value is -2.66. The Labute approximate surface area is 135 Å². The molecule has 3 N–H and O–H groups in total. The van der Waals surface area contributed by atoms with Gasteiger partial charge in [0.25, 0.3) is 0 Å². The summed E-state index contributed by atoms with van der Waals surface area (Å²) in [7, 11) is 0. The van der Waals surface area contributed by atoms with E-state index >= 15 is 0 Å². The molecular formula is C18H20N2O3. The van der Waals surface area contributed by atoms with E-state index < -0.39 is 17.9 Å². The van der Waals surface area contributed by atoms with Gasteiger partial charge in [0.1, 0.15) is 0 Å². The highest BCUT2D eigenvalue weighted by Crippen LogP contribution is 2.25. The van der Waals surface area contributed by atoms with E-state index in [-0.39, 0.29) is 13.1 Å². The molecule has 5 nitrogen and oxygen atoms in total. The Morgan fingerprint density at radius 2 is 1.78 bits per heavy atom. The number of nitrogens with one attached hydrogen (secondary N) is 2. The smallest absolute Gasteiger partial charge is 0.309 e. The minimum absolute atomic E-state index is 0.213. The van der Waals surface area contributed by atoms with E-state index in [2.05, 4.69) is 17.2 Å². The van der Waals surface area contributed by atoms with Gasteiger partial charge < -0.3 is 15.7 Å². The maximum atomic E-state index is 11.5. The summed E-state index contributed by atoms with van der Waals surface area (Å²) in [4.78, 5) is 22.9. The highest BCUT2D eigenvalue weighted by molar-refractivity contribution is 6.35. The van der Waals surface area contributed by atoms with Crippen LogP contribution in [0.1, 0.15) is 18.1 Å². The van der Waals surface area contributed by atoms with E-state index in [9.17, 15) is 14.7 Å². The molecule has 2 rings (SSSR count). The van der Waals surface area contributed by atoms with Crippen molar-refractivity contribution in [3.8, 4) is 0 Å². The molecule has 0 aliphatic rings. The standard InChI is InChI=1S/C18H20N2O3/c1-2-11-19-17(22)18(23)20-12-10-16(21)15-9-5-7-13-6-3-4-8-14(13)15/h2-9,16,21H,1,10-12H2,(H,19,22)(H,20,23). The van der Waals surface area contributed by atoms with Crippen molar-refractivity contribution in [1.29, 1.82) is 0 Å². The van der Waals surface area contributed by atoms with Gasteiger partial charge in [0.2, 0.25) is 0 Å². The minimum atomic E-state index is -0.711. The molecule has 23 heavy (non-hydrogen) atoms. The monoisotopic (exact) mass is 312 g/mol. The maximum absolute atomic E-state index is 11.5. The fraction of sp³-hybridized carbons (Fsp3) is 0.222. The maximum Gasteiger partial charge on any atom is 0.309 e. The number of carbonyl (C=O) groups excluding carboxylic acids is 2. The lowest BCUT2D eigenvalue weighted by molar-refractivity contribution is -0.139. The first-order valence-electron chi connectivity index (χ1n) is 7.46. The molecule has 2 aromatic rings. The van der Waals surface area contributed by atoms with E-state index in [0.717, 1.165) is 16.3 Å². The SMILES string of the molecule is C=CCNC(=O)C(=O)NCCC(O)c1cccc2ccccc12. The fourth-order valence-corrected chi connectivity index (χ4v) is 2.34. The molecule has 2 amide bonds. The van der Waals surface area contributed by atoms with Gasteiger partial charge >= 0.3 is 11.8 Å². The number of rotatable bonds is 6. The summed E-state index contributed by atoms with van der Waals surface area (Å²) in [5.41, 5.74) is 0.813. The van der Waals surface area contributed by atoms with Crippen LogP contribution in [0.2, 0.25) is 0 Å². The third kappa shape index (κ3) is 4.40. The van der Waals surface area contributed by atoms with Crippen LogP contribution in [-0.4, -0.2) is 30.0 Å². The molecule has 0 radical (unpaired) electrons. The second-order valence-corrected chi connectivity index (χ2v) is 5.13. The van der Waals surface area contributed by atoms with Gasteiger partial charge in [-0.2, -0.15) is 0 Å². The first-order chi connectivity index (χ1) is 11.1. The molecule has 2 aromatic carbocycles. The van der Waals surface area contributed by atoms with Crippen LogP contribution in [0.3, 0.4) is 0 Å². The van der Waals surface area contributed by atoms with Gasteiger partial charge in [-0.1, -0.05) is 48.5 Å². The third-order valence-corrected chi connectivity index (χ3v) is 3.50. The van der Waals surface area contributed by atoms with Crippen LogP contribution in [0.4, 0.5) is 0 Å². The number of aliphatic hydroxyl groups is 1. The van der Waals surface area contributed by atoms with Crippen molar-refractivity contribution in [3.63, 3.8) is 0 Å².